The predicted molar refractivity (Wildman–Crippen MR) is 109 cm³/mol. The number of carboxylic acids is 1. The van der Waals surface area contributed by atoms with Crippen LogP contribution in [0.1, 0.15) is 45.9 Å². The average Bonchev–Trinajstić information content (AvgIpc) is 3.15. The second-order valence-electron chi connectivity index (χ2n) is 7.56. The van der Waals surface area contributed by atoms with E-state index in [0.717, 1.165) is 43.6 Å². The lowest BCUT2D eigenvalue weighted by molar-refractivity contribution is 0.0697. The van der Waals surface area contributed by atoms with Gasteiger partial charge in [-0.25, -0.2) is 4.79 Å². The van der Waals surface area contributed by atoms with Gasteiger partial charge in [-0.1, -0.05) is 42.5 Å². The Bertz CT molecular complexity index is 954. The minimum Gasteiger partial charge on any atom is -0.478 e. The second-order valence-corrected chi connectivity index (χ2v) is 7.56. The van der Waals surface area contributed by atoms with Crippen LogP contribution in [-0.2, 0) is 6.54 Å². The minimum atomic E-state index is -0.893. The van der Waals surface area contributed by atoms with E-state index in [1.165, 1.54) is 16.8 Å². The first-order valence-electron chi connectivity index (χ1n) is 9.75. The van der Waals surface area contributed by atoms with E-state index < -0.39 is 5.97 Å². The van der Waals surface area contributed by atoms with Crippen molar-refractivity contribution in [3.05, 3.63) is 77.1 Å². The summed E-state index contributed by atoms with van der Waals surface area (Å²) in [7, 11) is 0. The first kappa shape index (κ1) is 18.4. The molecule has 5 heteroatoms. The normalized spacial score (nSPS) is 15.6. The van der Waals surface area contributed by atoms with Crippen LogP contribution in [0.3, 0.4) is 0 Å². The van der Waals surface area contributed by atoms with Crippen molar-refractivity contribution in [1.29, 1.82) is 0 Å². The zero-order chi connectivity index (χ0) is 19.5. The maximum atomic E-state index is 11.4. The standard InChI is InChI=1S/C23H25N3O2/c1-16-14-24-25-22(16)19-10-12-26(13-11-19)15-17-6-8-18(9-7-17)20-4-2-3-5-21(20)23(27)28/h2-9,14,19H,10-13,15H2,1H3,(H,24,25)(H,27,28). The van der Waals surface area contributed by atoms with E-state index in [1.54, 1.807) is 12.1 Å². The van der Waals surface area contributed by atoms with Gasteiger partial charge >= 0.3 is 5.97 Å². The Morgan fingerprint density at radius 3 is 2.50 bits per heavy atom. The van der Waals surface area contributed by atoms with Crippen LogP contribution in [0, 0.1) is 6.92 Å². The first-order chi connectivity index (χ1) is 13.6. The van der Waals surface area contributed by atoms with Crippen LogP contribution in [0.4, 0.5) is 0 Å². The van der Waals surface area contributed by atoms with E-state index in [-0.39, 0.29) is 0 Å². The number of aromatic carboxylic acids is 1. The highest BCUT2D eigenvalue weighted by atomic mass is 16.4. The molecule has 0 aliphatic carbocycles. The summed E-state index contributed by atoms with van der Waals surface area (Å²) in [6, 6.07) is 15.4. The lowest BCUT2D eigenvalue weighted by Gasteiger charge is -2.31. The van der Waals surface area contributed by atoms with Crippen molar-refractivity contribution in [2.45, 2.75) is 32.2 Å². The van der Waals surface area contributed by atoms with Gasteiger partial charge in [-0.3, -0.25) is 10.00 Å². The molecule has 0 atom stereocenters. The number of aromatic amines is 1. The molecular formula is C23H25N3O2. The van der Waals surface area contributed by atoms with E-state index in [1.807, 2.05) is 30.5 Å². The zero-order valence-electron chi connectivity index (χ0n) is 16.1. The molecule has 2 aromatic carbocycles. The summed E-state index contributed by atoms with van der Waals surface area (Å²) in [5, 5.41) is 16.7. The van der Waals surface area contributed by atoms with Gasteiger partial charge in [-0.15, -0.1) is 0 Å². The molecule has 4 rings (SSSR count). The fourth-order valence-electron chi connectivity index (χ4n) is 4.12. The number of nitrogens with zero attached hydrogens (tertiary/aromatic N) is 2. The summed E-state index contributed by atoms with van der Waals surface area (Å²) >= 11 is 0. The maximum absolute atomic E-state index is 11.4. The number of likely N-dealkylation sites (tertiary alicyclic amines) is 1. The van der Waals surface area contributed by atoms with Crippen LogP contribution in [0.2, 0.25) is 0 Å². The summed E-state index contributed by atoms with van der Waals surface area (Å²) in [6.45, 7) is 5.20. The number of rotatable bonds is 5. The molecule has 5 nitrogen and oxygen atoms in total. The maximum Gasteiger partial charge on any atom is 0.336 e. The van der Waals surface area contributed by atoms with Crippen LogP contribution < -0.4 is 0 Å². The van der Waals surface area contributed by atoms with E-state index in [9.17, 15) is 9.90 Å². The highest BCUT2D eigenvalue weighted by Gasteiger charge is 2.23. The summed E-state index contributed by atoms with van der Waals surface area (Å²) in [6.07, 6.45) is 4.20. The Morgan fingerprint density at radius 1 is 1.14 bits per heavy atom. The third kappa shape index (κ3) is 3.85. The molecule has 1 saturated heterocycles. The zero-order valence-corrected chi connectivity index (χ0v) is 16.1. The summed E-state index contributed by atoms with van der Waals surface area (Å²) in [5.41, 5.74) is 5.85. The van der Waals surface area contributed by atoms with E-state index in [2.05, 4.69) is 34.2 Å². The number of aryl methyl sites for hydroxylation is 1. The molecule has 0 radical (unpaired) electrons. The smallest absolute Gasteiger partial charge is 0.336 e. The number of H-pyrrole nitrogens is 1. The molecule has 1 aromatic heterocycles. The minimum absolute atomic E-state index is 0.339. The van der Waals surface area contributed by atoms with E-state index in [4.69, 9.17) is 0 Å². The molecule has 0 saturated carbocycles. The Labute approximate surface area is 165 Å². The molecule has 0 bridgehead atoms. The number of carboxylic acid groups (broad SMARTS) is 1. The quantitative estimate of drug-likeness (QED) is 0.691. The number of piperidine rings is 1. The van der Waals surface area contributed by atoms with Gasteiger partial charge in [-0.05, 0) is 61.2 Å². The van der Waals surface area contributed by atoms with Crippen LogP contribution >= 0.6 is 0 Å². The number of nitrogens with one attached hydrogen (secondary N) is 1. The summed E-state index contributed by atoms with van der Waals surface area (Å²) in [5.74, 6) is -0.316. The fourth-order valence-corrected chi connectivity index (χ4v) is 4.12. The molecule has 144 valence electrons. The van der Waals surface area contributed by atoms with Crippen molar-refractivity contribution in [2.24, 2.45) is 0 Å². The second kappa shape index (κ2) is 7.98. The predicted octanol–water partition coefficient (Wildman–Crippen LogP) is 4.46. The molecular weight excluding hydrogens is 350 g/mol. The summed E-state index contributed by atoms with van der Waals surface area (Å²) < 4.78 is 0. The SMILES string of the molecule is Cc1cn[nH]c1C1CCN(Cc2ccc(-c3ccccc3C(=O)O)cc2)CC1. The van der Waals surface area contributed by atoms with Gasteiger partial charge in [0.25, 0.3) is 0 Å². The third-order valence-electron chi connectivity index (χ3n) is 5.69. The Kier molecular flexibility index (Phi) is 5.26. The average molecular weight is 375 g/mol. The van der Waals surface area contributed by atoms with Crippen molar-refractivity contribution < 1.29 is 9.90 Å². The van der Waals surface area contributed by atoms with Crippen molar-refractivity contribution in [1.82, 2.24) is 15.1 Å². The van der Waals surface area contributed by atoms with Gasteiger partial charge in [0.2, 0.25) is 0 Å². The number of carbonyl (C=O) groups is 1. The van der Waals surface area contributed by atoms with E-state index >= 15 is 0 Å². The first-order valence-corrected chi connectivity index (χ1v) is 9.75. The van der Waals surface area contributed by atoms with E-state index in [0.29, 0.717) is 11.5 Å². The highest BCUT2D eigenvalue weighted by molar-refractivity contribution is 5.95. The number of benzene rings is 2. The fraction of sp³-hybridized carbons (Fsp3) is 0.304. The van der Waals surface area contributed by atoms with Crippen LogP contribution in [0.15, 0.2) is 54.7 Å². The number of aromatic nitrogens is 2. The highest BCUT2D eigenvalue weighted by Crippen LogP contribution is 2.29. The van der Waals surface area contributed by atoms with Gasteiger partial charge in [0.15, 0.2) is 0 Å². The molecule has 1 aliphatic heterocycles. The largest absolute Gasteiger partial charge is 0.478 e. The van der Waals surface area contributed by atoms with Gasteiger partial charge in [0.1, 0.15) is 0 Å². The molecule has 0 unspecified atom stereocenters. The van der Waals surface area contributed by atoms with Gasteiger partial charge in [0, 0.05) is 18.2 Å². The van der Waals surface area contributed by atoms with Crippen LogP contribution in [0.25, 0.3) is 11.1 Å². The molecule has 3 aromatic rings. The van der Waals surface area contributed by atoms with Crippen LogP contribution in [0.5, 0.6) is 0 Å². The Hall–Kier alpha value is -2.92. The van der Waals surface area contributed by atoms with Gasteiger partial charge in [-0.2, -0.15) is 5.10 Å². The van der Waals surface area contributed by atoms with Crippen molar-refractivity contribution in [2.75, 3.05) is 13.1 Å². The number of hydrogen-bond acceptors (Lipinski definition) is 3. The van der Waals surface area contributed by atoms with Gasteiger partial charge in [0.05, 0.1) is 11.8 Å². The molecule has 28 heavy (non-hydrogen) atoms. The summed E-state index contributed by atoms with van der Waals surface area (Å²) in [4.78, 5) is 13.9. The number of hydrogen-bond donors (Lipinski definition) is 2. The molecule has 2 heterocycles. The molecule has 1 aliphatic rings. The van der Waals surface area contributed by atoms with Crippen LogP contribution in [-0.4, -0.2) is 39.3 Å². The molecule has 1 fully saturated rings. The van der Waals surface area contributed by atoms with Crippen molar-refractivity contribution in [3.63, 3.8) is 0 Å². The molecule has 0 spiro atoms. The van der Waals surface area contributed by atoms with Gasteiger partial charge < -0.3 is 5.11 Å². The lowest BCUT2D eigenvalue weighted by atomic mass is 9.91. The Morgan fingerprint density at radius 2 is 1.86 bits per heavy atom. The third-order valence-corrected chi connectivity index (χ3v) is 5.69. The molecule has 0 amide bonds. The molecule has 2 N–H and O–H groups in total. The monoisotopic (exact) mass is 375 g/mol. The Balaban J connectivity index is 1.39. The van der Waals surface area contributed by atoms with Crippen molar-refractivity contribution in [3.8, 4) is 11.1 Å². The van der Waals surface area contributed by atoms with Crippen molar-refractivity contribution >= 4 is 5.97 Å². The topological polar surface area (TPSA) is 69.2 Å². The lowest BCUT2D eigenvalue weighted by Crippen LogP contribution is -2.32.